The lowest BCUT2D eigenvalue weighted by Crippen LogP contribution is -1.94. The molecule has 0 saturated carbocycles. The van der Waals surface area contributed by atoms with Gasteiger partial charge in [0, 0.05) is 7.93 Å². The van der Waals surface area contributed by atoms with Gasteiger partial charge in [-0.2, -0.15) is 0 Å². The summed E-state index contributed by atoms with van der Waals surface area (Å²) in [5, 5.41) is 1.15. The van der Waals surface area contributed by atoms with Crippen LogP contribution in [0.1, 0.15) is 6.92 Å². The number of rotatable bonds is 3. The van der Waals surface area contributed by atoms with Crippen LogP contribution in [0, 0.1) is 0 Å². The zero-order valence-electron chi connectivity index (χ0n) is 6.30. The molecule has 0 radical (unpaired) electrons. The summed E-state index contributed by atoms with van der Waals surface area (Å²) in [6, 6.07) is 7.84. The van der Waals surface area contributed by atoms with E-state index < -0.39 is 0 Å². The number of ether oxygens (including phenoxy) is 1. The van der Waals surface area contributed by atoms with Crippen LogP contribution in [-0.2, 0) is 0 Å². The fraction of sp³-hybridized carbons (Fsp3) is 0.250. The van der Waals surface area contributed by atoms with Gasteiger partial charge in [-0.25, -0.2) is 0 Å². The minimum absolute atomic E-state index is 0.345. The molecule has 1 aromatic carbocycles. The van der Waals surface area contributed by atoms with Gasteiger partial charge in [0.25, 0.3) is 0 Å². The standard InChI is InChI=1S/C8H10ClOP/c1-2-10-7-3-5-8(11-9)6-4-7/h3-6,11H,2H2,1H3. The van der Waals surface area contributed by atoms with Gasteiger partial charge in [-0.1, -0.05) is 11.2 Å². The Morgan fingerprint density at radius 1 is 1.36 bits per heavy atom. The topological polar surface area (TPSA) is 9.23 Å². The predicted molar refractivity (Wildman–Crippen MR) is 51.4 cm³/mol. The second kappa shape index (κ2) is 4.58. The van der Waals surface area contributed by atoms with Crippen molar-refractivity contribution in [1.29, 1.82) is 0 Å². The number of hydrogen-bond donors (Lipinski definition) is 0. The van der Waals surface area contributed by atoms with E-state index in [9.17, 15) is 0 Å². The Bertz CT molecular complexity index is 210. The molecule has 0 amide bonds. The van der Waals surface area contributed by atoms with E-state index in [1.807, 2.05) is 31.2 Å². The lowest BCUT2D eigenvalue weighted by Gasteiger charge is -2.01. The van der Waals surface area contributed by atoms with Crippen molar-refractivity contribution in [1.82, 2.24) is 0 Å². The van der Waals surface area contributed by atoms with Crippen LogP contribution in [0.25, 0.3) is 0 Å². The second-order valence-electron chi connectivity index (χ2n) is 2.05. The van der Waals surface area contributed by atoms with Crippen molar-refractivity contribution in [3.8, 4) is 5.75 Å². The zero-order valence-corrected chi connectivity index (χ0v) is 8.06. The maximum atomic E-state index is 5.64. The van der Waals surface area contributed by atoms with Crippen molar-refractivity contribution in [2.24, 2.45) is 0 Å². The summed E-state index contributed by atoms with van der Waals surface area (Å²) >= 11 is 5.64. The Labute approximate surface area is 73.3 Å². The van der Waals surface area contributed by atoms with Crippen molar-refractivity contribution >= 4 is 24.5 Å². The fourth-order valence-electron chi connectivity index (χ4n) is 0.781. The van der Waals surface area contributed by atoms with Gasteiger partial charge >= 0.3 is 0 Å². The molecule has 0 spiro atoms. The minimum atomic E-state index is 0.345. The minimum Gasteiger partial charge on any atom is -0.494 e. The molecule has 60 valence electrons. The SMILES string of the molecule is CCOc1ccc(PCl)cc1. The van der Waals surface area contributed by atoms with E-state index in [0.717, 1.165) is 11.1 Å². The summed E-state index contributed by atoms with van der Waals surface area (Å²) in [7, 11) is 0.345. The Hall–Kier alpha value is -0.260. The van der Waals surface area contributed by atoms with E-state index in [1.165, 1.54) is 0 Å². The van der Waals surface area contributed by atoms with Gasteiger partial charge in [0.1, 0.15) is 5.75 Å². The third-order valence-electron chi connectivity index (χ3n) is 1.27. The van der Waals surface area contributed by atoms with E-state index in [1.54, 1.807) is 0 Å². The molecular formula is C8H10ClOP. The quantitative estimate of drug-likeness (QED) is 0.663. The molecule has 0 bridgehead atoms. The van der Waals surface area contributed by atoms with E-state index in [-0.39, 0.29) is 0 Å². The average molecular weight is 189 g/mol. The Kier molecular flexibility index (Phi) is 3.68. The highest BCUT2D eigenvalue weighted by Gasteiger charge is 1.91. The lowest BCUT2D eigenvalue weighted by atomic mass is 10.3. The first kappa shape index (κ1) is 8.83. The van der Waals surface area contributed by atoms with Crippen LogP contribution in [0.5, 0.6) is 5.75 Å². The second-order valence-corrected chi connectivity index (χ2v) is 3.39. The molecule has 1 nitrogen and oxygen atoms in total. The highest BCUT2D eigenvalue weighted by atomic mass is 35.7. The molecule has 1 unspecified atom stereocenters. The van der Waals surface area contributed by atoms with Gasteiger partial charge < -0.3 is 4.74 Å². The monoisotopic (exact) mass is 188 g/mol. The summed E-state index contributed by atoms with van der Waals surface area (Å²) < 4.78 is 5.27. The maximum absolute atomic E-state index is 5.64. The Morgan fingerprint density at radius 2 is 2.00 bits per heavy atom. The van der Waals surface area contributed by atoms with Crippen LogP contribution in [0.15, 0.2) is 24.3 Å². The fourth-order valence-corrected chi connectivity index (χ4v) is 1.45. The van der Waals surface area contributed by atoms with Crippen molar-refractivity contribution in [2.45, 2.75) is 6.92 Å². The van der Waals surface area contributed by atoms with Gasteiger partial charge in [-0.3, -0.25) is 0 Å². The molecule has 1 aromatic rings. The first-order valence-electron chi connectivity index (χ1n) is 3.46. The Balaban J connectivity index is 2.66. The van der Waals surface area contributed by atoms with Crippen LogP contribution in [0.2, 0.25) is 0 Å². The molecule has 0 saturated heterocycles. The molecule has 0 aromatic heterocycles. The molecule has 1 rings (SSSR count). The number of hydrogen-bond acceptors (Lipinski definition) is 1. The van der Waals surface area contributed by atoms with Crippen molar-refractivity contribution in [3.63, 3.8) is 0 Å². The highest BCUT2D eigenvalue weighted by molar-refractivity contribution is 7.74. The smallest absolute Gasteiger partial charge is 0.119 e. The predicted octanol–water partition coefficient (Wildman–Crippen LogP) is 2.54. The van der Waals surface area contributed by atoms with Gasteiger partial charge in [-0.15, -0.1) is 0 Å². The lowest BCUT2D eigenvalue weighted by molar-refractivity contribution is 0.340. The van der Waals surface area contributed by atoms with E-state index in [2.05, 4.69) is 0 Å². The van der Waals surface area contributed by atoms with E-state index >= 15 is 0 Å². The third-order valence-corrected chi connectivity index (χ3v) is 2.48. The summed E-state index contributed by atoms with van der Waals surface area (Å²) in [4.78, 5) is 0. The largest absolute Gasteiger partial charge is 0.494 e. The summed E-state index contributed by atoms with van der Waals surface area (Å²) in [5.74, 6) is 0.908. The highest BCUT2D eigenvalue weighted by Crippen LogP contribution is 2.17. The molecule has 0 aliphatic rings. The average Bonchev–Trinajstić information content (AvgIpc) is 2.07. The van der Waals surface area contributed by atoms with Crippen molar-refractivity contribution < 1.29 is 4.74 Å². The number of benzene rings is 1. The normalized spacial score (nSPS) is 10.7. The molecule has 11 heavy (non-hydrogen) atoms. The third kappa shape index (κ3) is 2.69. The van der Waals surface area contributed by atoms with Crippen LogP contribution in [0.4, 0.5) is 0 Å². The van der Waals surface area contributed by atoms with Gasteiger partial charge in [0.15, 0.2) is 0 Å². The van der Waals surface area contributed by atoms with Crippen LogP contribution in [0.3, 0.4) is 0 Å². The van der Waals surface area contributed by atoms with Gasteiger partial charge in [-0.05, 0) is 36.5 Å². The number of halogens is 1. The molecular weight excluding hydrogens is 179 g/mol. The summed E-state index contributed by atoms with van der Waals surface area (Å²) in [6.45, 7) is 2.68. The molecule has 0 aliphatic carbocycles. The van der Waals surface area contributed by atoms with E-state index in [0.29, 0.717) is 14.5 Å². The van der Waals surface area contributed by atoms with Crippen LogP contribution in [-0.4, -0.2) is 6.61 Å². The maximum Gasteiger partial charge on any atom is 0.119 e. The summed E-state index contributed by atoms with van der Waals surface area (Å²) in [6.07, 6.45) is 0. The molecule has 0 heterocycles. The molecule has 0 fully saturated rings. The zero-order chi connectivity index (χ0) is 8.10. The van der Waals surface area contributed by atoms with Gasteiger partial charge in [0.2, 0.25) is 0 Å². The van der Waals surface area contributed by atoms with Crippen LogP contribution < -0.4 is 10.0 Å². The summed E-state index contributed by atoms with van der Waals surface area (Å²) in [5.41, 5.74) is 0. The van der Waals surface area contributed by atoms with E-state index in [4.69, 9.17) is 16.0 Å². The molecule has 0 N–H and O–H groups in total. The Morgan fingerprint density at radius 3 is 2.45 bits per heavy atom. The van der Waals surface area contributed by atoms with Crippen molar-refractivity contribution in [2.75, 3.05) is 6.61 Å². The first-order valence-corrected chi connectivity index (χ1v) is 5.47. The van der Waals surface area contributed by atoms with Crippen molar-refractivity contribution in [3.05, 3.63) is 24.3 Å². The first-order chi connectivity index (χ1) is 5.36. The molecule has 0 aliphatic heterocycles. The molecule has 3 heteroatoms. The van der Waals surface area contributed by atoms with Crippen LogP contribution >= 0.6 is 19.2 Å². The molecule has 1 atom stereocenters. The van der Waals surface area contributed by atoms with Gasteiger partial charge in [0.05, 0.1) is 6.61 Å².